The van der Waals surface area contributed by atoms with Crippen LogP contribution in [0, 0.1) is 0 Å². The minimum Gasteiger partial charge on any atom is -1.00 e. The van der Waals surface area contributed by atoms with Crippen LogP contribution in [0.2, 0.25) is 0 Å². The number of rotatable bonds is 2. The van der Waals surface area contributed by atoms with E-state index in [0.29, 0.717) is 16.5 Å². The monoisotopic (exact) mass is 419 g/mol. The maximum absolute atomic E-state index is 10.5. The molecule has 0 aliphatic carbocycles. The van der Waals surface area contributed by atoms with Crippen LogP contribution in [-0.4, -0.2) is 26.5 Å². The van der Waals surface area contributed by atoms with Crippen LogP contribution in [0.5, 0.6) is 5.75 Å². The molecule has 10 heteroatoms. The van der Waals surface area contributed by atoms with Crippen LogP contribution in [0.1, 0.15) is 1.43 Å². The second kappa shape index (κ2) is 10.3. The predicted octanol–water partition coefficient (Wildman–Crippen LogP) is 0.289. The molecule has 0 atom stereocenters. The van der Waals surface area contributed by atoms with Gasteiger partial charge in [-0.15, -0.1) is 4.36 Å². The number of aromatic hydroxyl groups is 1. The maximum atomic E-state index is 10.5. The Morgan fingerprint density at radius 3 is 1.96 bits per heavy atom. The Balaban J connectivity index is 0.000000500. The molecule has 2 N–H and O–H groups in total. The van der Waals surface area contributed by atoms with Crippen LogP contribution in [0.4, 0.5) is 5.69 Å². The van der Waals surface area contributed by atoms with Gasteiger partial charge in [-0.25, -0.2) is 0 Å². The van der Waals surface area contributed by atoms with Gasteiger partial charge >= 0.3 is 61.9 Å². The number of phenolic OH excluding ortho intramolecular Hbond substituents is 1. The summed E-state index contributed by atoms with van der Waals surface area (Å²) in [6.07, 6.45) is 0. The van der Waals surface area contributed by atoms with E-state index < -0.39 is 20.6 Å². The van der Waals surface area contributed by atoms with Gasteiger partial charge < -0.3 is 6.53 Å². The molecule has 0 aromatic heterocycles. The van der Waals surface area contributed by atoms with Crippen LogP contribution >= 0.6 is 0 Å². The van der Waals surface area contributed by atoms with Gasteiger partial charge in [-0.05, 0) is 24.3 Å². The molecule has 0 aliphatic rings. The predicted molar refractivity (Wildman–Crippen MR) is 94.0 cm³/mol. The van der Waals surface area contributed by atoms with E-state index in [9.17, 15) is 21.9 Å². The third-order valence-corrected chi connectivity index (χ3v) is 4.30. The summed E-state index contributed by atoms with van der Waals surface area (Å²) in [6.45, 7) is 0. The third-order valence-electron chi connectivity index (χ3n) is 3.09. The number of nitrogens with zero attached hydrogens (tertiary/aromatic N) is 1. The smallest absolute Gasteiger partial charge is 1.00 e. The van der Waals surface area contributed by atoms with Gasteiger partial charge in [0.25, 0.3) is 10.1 Å². The van der Waals surface area contributed by atoms with Gasteiger partial charge in [-0.3, -0.25) is 4.55 Å². The quantitative estimate of drug-likeness (QED) is 0.455. The second-order valence-electron chi connectivity index (χ2n) is 4.75. The fourth-order valence-electron chi connectivity index (χ4n) is 2.03. The van der Waals surface area contributed by atoms with Crippen LogP contribution in [0.3, 0.4) is 0 Å². The largest absolute Gasteiger partial charge is 1.00 e. The molecule has 0 spiro atoms. The first-order valence-corrected chi connectivity index (χ1v) is 9.30. The SMILES string of the molecule is O=S(=O)(O)c1ccccc1.O=S(=O)=Nc1cccc2c(O)cccc12.[H-].[K+]. The molecule has 0 fully saturated rings. The first-order chi connectivity index (χ1) is 11.8. The van der Waals surface area contributed by atoms with Crippen molar-refractivity contribution in [1.82, 2.24) is 0 Å². The summed E-state index contributed by atoms with van der Waals surface area (Å²) < 4.78 is 53.6. The molecule has 3 aromatic rings. The number of hydrogen-bond acceptors (Lipinski definition) is 6. The van der Waals surface area contributed by atoms with Crippen molar-refractivity contribution < 1.29 is 79.3 Å². The molecular weight excluding hydrogens is 405 g/mol. The first-order valence-electron chi connectivity index (χ1n) is 6.83. The van der Waals surface area contributed by atoms with Crippen molar-refractivity contribution in [3.63, 3.8) is 0 Å². The molecule has 3 rings (SSSR count). The summed E-state index contributed by atoms with van der Waals surface area (Å²) in [5, 5.41) is 10.7. The van der Waals surface area contributed by atoms with Crippen molar-refractivity contribution in [2.45, 2.75) is 4.90 Å². The van der Waals surface area contributed by atoms with Gasteiger partial charge in [0.1, 0.15) is 5.75 Å². The molecule has 0 saturated heterocycles. The average Bonchev–Trinajstić information content (AvgIpc) is 2.56. The molecule has 0 bridgehead atoms. The molecule has 0 heterocycles. The van der Waals surface area contributed by atoms with Gasteiger partial charge in [0.05, 0.1) is 10.6 Å². The van der Waals surface area contributed by atoms with Gasteiger partial charge in [0.2, 0.25) is 0 Å². The summed E-state index contributed by atoms with van der Waals surface area (Å²) in [4.78, 5) is -0.0741. The second-order valence-corrected chi connectivity index (χ2v) is 6.78. The van der Waals surface area contributed by atoms with Crippen LogP contribution in [-0.2, 0) is 20.6 Å². The van der Waals surface area contributed by atoms with E-state index in [4.69, 9.17) is 4.55 Å². The van der Waals surface area contributed by atoms with Crippen molar-refractivity contribution >= 4 is 37.1 Å². The zero-order chi connectivity index (χ0) is 18.4. The molecule has 26 heavy (non-hydrogen) atoms. The topological polar surface area (TPSA) is 121 Å². The molecular formula is C16H14KNO6S2. The number of phenols is 1. The summed E-state index contributed by atoms with van der Waals surface area (Å²) in [7, 11) is -6.49. The molecule has 0 amide bonds. The van der Waals surface area contributed by atoms with E-state index in [-0.39, 0.29) is 63.5 Å². The molecule has 132 valence electrons. The number of fused-ring (bicyclic) bond motifs is 1. The van der Waals surface area contributed by atoms with Crippen LogP contribution in [0.15, 0.2) is 76.0 Å². The van der Waals surface area contributed by atoms with E-state index >= 15 is 0 Å². The molecule has 0 unspecified atom stereocenters. The van der Waals surface area contributed by atoms with Crippen LogP contribution in [0.25, 0.3) is 10.8 Å². The van der Waals surface area contributed by atoms with Crippen molar-refractivity contribution in [3.05, 3.63) is 66.7 Å². The van der Waals surface area contributed by atoms with Gasteiger partial charge in [0.15, 0.2) is 0 Å². The third kappa shape index (κ3) is 6.56. The van der Waals surface area contributed by atoms with Gasteiger partial charge in [-0.2, -0.15) is 16.8 Å². The fourth-order valence-corrected chi connectivity index (χ4v) is 2.85. The Morgan fingerprint density at radius 2 is 1.42 bits per heavy atom. The minimum atomic E-state index is -4.00. The van der Waals surface area contributed by atoms with Crippen molar-refractivity contribution in [3.8, 4) is 5.75 Å². The van der Waals surface area contributed by atoms with E-state index in [1.165, 1.54) is 12.1 Å². The van der Waals surface area contributed by atoms with Crippen molar-refractivity contribution in [2.24, 2.45) is 4.36 Å². The summed E-state index contributed by atoms with van der Waals surface area (Å²) in [6, 6.07) is 17.2. The Kier molecular flexibility index (Phi) is 9.06. The Morgan fingerprint density at radius 1 is 0.846 bits per heavy atom. The zero-order valence-corrected chi connectivity index (χ0v) is 18.4. The summed E-state index contributed by atoms with van der Waals surface area (Å²) >= 11 is 0. The van der Waals surface area contributed by atoms with Crippen molar-refractivity contribution in [1.29, 1.82) is 0 Å². The van der Waals surface area contributed by atoms with E-state index in [2.05, 4.69) is 4.36 Å². The number of benzene rings is 3. The Labute approximate surface area is 196 Å². The van der Waals surface area contributed by atoms with Crippen molar-refractivity contribution in [2.75, 3.05) is 0 Å². The minimum absolute atomic E-state index is 0. The molecule has 3 aromatic carbocycles. The Bertz CT molecular complexity index is 1130. The zero-order valence-electron chi connectivity index (χ0n) is 14.6. The fraction of sp³-hybridized carbons (Fsp3) is 0. The summed E-state index contributed by atoms with van der Waals surface area (Å²) in [5.41, 5.74) is 0.330. The first kappa shape index (κ1) is 22.9. The molecule has 0 radical (unpaired) electrons. The summed E-state index contributed by atoms with van der Waals surface area (Å²) in [5.74, 6) is 0.112. The van der Waals surface area contributed by atoms with Crippen LogP contribution < -0.4 is 51.4 Å². The molecule has 0 aliphatic heterocycles. The average molecular weight is 420 g/mol. The number of hydrogen-bond donors (Lipinski definition) is 2. The maximum Gasteiger partial charge on any atom is 1.00 e. The molecule has 7 nitrogen and oxygen atoms in total. The Hall–Kier alpha value is -1.11. The van der Waals surface area contributed by atoms with Gasteiger partial charge in [0, 0.05) is 10.8 Å². The normalized spacial score (nSPS) is 10.2. The van der Waals surface area contributed by atoms with E-state index in [1.54, 1.807) is 54.6 Å². The van der Waals surface area contributed by atoms with E-state index in [0.717, 1.165) is 0 Å². The van der Waals surface area contributed by atoms with E-state index in [1.807, 2.05) is 0 Å². The molecule has 0 saturated carbocycles. The standard InChI is InChI=1S/C10H7NO3S.C6H6O3S.K.H/c12-10-6-2-3-7-8(10)4-1-5-9(7)11-15(13)14;7-10(8,9)6-4-2-1-3-5-6;;/h1-6,12H;1-5H,(H,7,8,9);;/q;;+1;-1. The van der Waals surface area contributed by atoms with Gasteiger partial charge in [-0.1, -0.05) is 42.5 Å².